The number of anilines is 2. The van der Waals surface area contributed by atoms with E-state index in [1.165, 1.54) is 0 Å². The van der Waals surface area contributed by atoms with Gasteiger partial charge < -0.3 is 16.0 Å². The highest BCUT2D eigenvalue weighted by molar-refractivity contribution is 6.32. The predicted octanol–water partition coefficient (Wildman–Crippen LogP) is 2.24. The molecule has 7 nitrogen and oxygen atoms in total. The Kier molecular flexibility index (Phi) is 4.19. The molecule has 3 N–H and O–H groups in total. The molecule has 1 aromatic carbocycles. The molecule has 0 amide bonds. The first kappa shape index (κ1) is 16.1. The first-order valence-electron chi connectivity index (χ1n) is 8.41. The van der Waals surface area contributed by atoms with Crippen LogP contribution in [0.2, 0.25) is 5.02 Å². The van der Waals surface area contributed by atoms with Gasteiger partial charge in [0, 0.05) is 36.7 Å². The van der Waals surface area contributed by atoms with Gasteiger partial charge in [-0.1, -0.05) is 18.5 Å². The summed E-state index contributed by atoms with van der Waals surface area (Å²) in [6, 6.07) is 6.03. The molecule has 2 aromatic heterocycles. The van der Waals surface area contributed by atoms with E-state index in [2.05, 4.69) is 27.2 Å². The Bertz CT molecular complexity index is 907. The fourth-order valence-electron chi connectivity index (χ4n) is 3.25. The van der Waals surface area contributed by atoms with Crippen LogP contribution in [-0.4, -0.2) is 45.4 Å². The lowest BCUT2D eigenvalue weighted by molar-refractivity contribution is 0.459. The number of hydrogen-bond acceptors (Lipinski definition) is 6. The number of hydrogen-bond donors (Lipinski definition) is 2. The predicted molar refractivity (Wildman–Crippen MR) is 100 cm³/mol. The molecule has 8 heteroatoms. The molecule has 1 fully saturated rings. The van der Waals surface area contributed by atoms with Gasteiger partial charge in [0.15, 0.2) is 5.82 Å². The lowest BCUT2D eigenvalue weighted by atomic mass is 10.1. The number of fused-ring (bicyclic) bond motifs is 1. The van der Waals surface area contributed by atoms with Gasteiger partial charge in [-0.05, 0) is 24.6 Å². The van der Waals surface area contributed by atoms with Crippen molar-refractivity contribution in [2.45, 2.75) is 19.4 Å². The zero-order valence-electron chi connectivity index (χ0n) is 14.0. The van der Waals surface area contributed by atoms with E-state index in [9.17, 15) is 0 Å². The van der Waals surface area contributed by atoms with Crippen LogP contribution in [-0.2, 0) is 0 Å². The molecule has 25 heavy (non-hydrogen) atoms. The van der Waals surface area contributed by atoms with Gasteiger partial charge in [-0.2, -0.15) is 10.1 Å². The number of nitrogens with one attached hydrogen (secondary N) is 1. The Balaban J connectivity index is 1.79. The lowest BCUT2D eigenvalue weighted by Gasteiger charge is -2.35. The first-order chi connectivity index (χ1) is 12.2. The van der Waals surface area contributed by atoms with E-state index in [1.54, 1.807) is 17.1 Å². The summed E-state index contributed by atoms with van der Waals surface area (Å²) in [5.74, 6) is 1.27. The van der Waals surface area contributed by atoms with Crippen molar-refractivity contribution < 1.29 is 0 Å². The normalized spacial score (nSPS) is 18.0. The number of nitrogens with two attached hydrogens (primary N) is 1. The molecule has 0 spiro atoms. The van der Waals surface area contributed by atoms with Crippen LogP contribution >= 0.6 is 11.6 Å². The van der Waals surface area contributed by atoms with Crippen molar-refractivity contribution in [2.24, 2.45) is 0 Å². The monoisotopic (exact) mass is 357 g/mol. The van der Waals surface area contributed by atoms with Crippen molar-refractivity contribution in [1.29, 1.82) is 0 Å². The molecule has 0 aliphatic carbocycles. The van der Waals surface area contributed by atoms with Gasteiger partial charge in [0.2, 0.25) is 5.95 Å². The summed E-state index contributed by atoms with van der Waals surface area (Å²) in [6.07, 6.45) is 4.44. The number of aromatic nitrogens is 4. The van der Waals surface area contributed by atoms with Gasteiger partial charge in [-0.3, -0.25) is 0 Å². The average molecular weight is 358 g/mol. The third-order valence-electron chi connectivity index (χ3n) is 4.58. The summed E-state index contributed by atoms with van der Waals surface area (Å²) in [5, 5.41) is 9.28. The molecule has 0 bridgehead atoms. The van der Waals surface area contributed by atoms with Crippen LogP contribution in [0.1, 0.15) is 13.3 Å². The Labute approximate surface area is 150 Å². The number of nitrogen functional groups attached to an aromatic ring is 1. The molecule has 1 aliphatic rings. The minimum Gasteiger partial charge on any atom is -0.399 e. The van der Waals surface area contributed by atoms with E-state index in [0.29, 0.717) is 28.5 Å². The van der Waals surface area contributed by atoms with Crippen LogP contribution in [0, 0.1) is 0 Å². The smallest absolute Gasteiger partial charge is 0.227 e. The molecule has 3 aromatic rings. The summed E-state index contributed by atoms with van der Waals surface area (Å²) in [5.41, 5.74) is 7.46. The highest BCUT2D eigenvalue weighted by atomic mass is 35.5. The maximum absolute atomic E-state index is 6.39. The topological polar surface area (TPSA) is 84.9 Å². The second-order valence-corrected chi connectivity index (χ2v) is 6.58. The van der Waals surface area contributed by atoms with Gasteiger partial charge in [-0.15, -0.1) is 0 Å². The Morgan fingerprint density at radius 3 is 3.08 bits per heavy atom. The Morgan fingerprint density at radius 1 is 1.36 bits per heavy atom. The van der Waals surface area contributed by atoms with Gasteiger partial charge in [0.05, 0.1) is 17.9 Å². The molecular weight excluding hydrogens is 338 g/mol. The van der Waals surface area contributed by atoms with E-state index < -0.39 is 0 Å². The van der Waals surface area contributed by atoms with E-state index in [-0.39, 0.29) is 0 Å². The molecule has 3 heterocycles. The largest absolute Gasteiger partial charge is 0.399 e. The molecule has 4 rings (SSSR count). The van der Waals surface area contributed by atoms with E-state index in [0.717, 1.165) is 37.0 Å². The summed E-state index contributed by atoms with van der Waals surface area (Å²) < 4.78 is 1.74. The van der Waals surface area contributed by atoms with Crippen molar-refractivity contribution in [2.75, 3.05) is 30.3 Å². The van der Waals surface area contributed by atoms with Crippen molar-refractivity contribution in [3.05, 3.63) is 35.6 Å². The highest BCUT2D eigenvalue weighted by Gasteiger charge is 2.24. The number of piperazine rings is 1. The van der Waals surface area contributed by atoms with Gasteiger partial charge in [0.25, 0.3) is 0 Å². The molecule has 1 atom stereocenters. The van der Waals surface area contributed by atoms with Crippen LogP contribution in [0.25, 0.3) is 16.7 Å². The number of nitrogens with zero attached hydrogens (tertiary/aromatic N) is 5. The van der Waals surface area contributed by atoms with Crippen molar-refractivity contribution in [3.8, 4) is 5.82 Å². The molecule has 0 radical (unpaired) electrons. The molecule has 0 saturated carbocycles. The lowest BCUT2D eigenvalue weighted by Crippen LogP contribution is -2.51. The maximum Gasteiger partial charge on any atom is 0.227 e. The summed E-state index contributed by atoms with van der Waals surface area (Å²) in [6.45, 7) is 4.90. The molecule has 1 aliphatic heterocycles. The van der Waals surface area contributed by atoms with Crippen LogP contribution in [0.15, 0.2) is 30.6 Å². The Morgan fingerprint density at radius 2 is 2.24 bits per heavy atom. The minimum atomic E-state index is 0.372. The van der Waals surface area contributed by atoms with Crippen molar-refractivity contribution in [1.82, 2.24) is 25.1 Å². The van der Waals surface area contributed by atoms with Crippen LogP contribution in [0.4, 0.5) is 11.6 Å². The highest BCUT2D eigenvalue weighted by Crippen LogP contribution is 2.26. The summed E-state index contributed by atoms with van der Waals surface area (Å²) in [7, 11) is 0. The van der Waals surface area contributed by atoms with E-state index in [4.69, 9.17) is 22.3 Å². The second kappa shape index (κ2) is 6.50. The first-order valence-corrected chi connectivity index (χ1v) is 8.78. The quantitative estimate of drug-likeness (QED) is 0.699. The fourth-order valence-corrected chi connectivity index (χ4v) is 3.42. The van der Waals surface area contributed by atoms with Gasteiger partial charge >= 0.3 is 0 Å². The summed E-state index contributed by atoms with van der Waals surface area (Å²) in [4.78, 5) is 11.4. The van der Waals surface area contributed by atoms with Crippen LogP contribution in [0.3, 0.4) is 0 Å². The third kappa shape index (κ3) is 2.89. The minimum absolute atomic E-state index is 0.372. The molecule has 1 saturated heterocycles. The van der Waals surface area contributed by atoms with Gasteiger partial charge in [0.1, 0.15) is 5.02 Å². The molecule has 1 unspecified atom stereocenters. The summed E-state index contributed by atoms with van der Waals surface area (Å²) >= 11 is 6.39. The maximum atomic E-state index is 6.39. The molecular formula is C17H20ClN7. The van der Waals surface area contributed by atoms with Crippen molar-refractivity contribution >= 4 is 34.1 Å². The van der Waals surface area contributed by atoms with Crippen LogP contribution in [0.5, 0.6) is 0 Å². The third-order valence-corrected chi connectivity index (χ3v) is 4.85. The number of rotatable bonds is 3. The van der Waals surface area contributed by atoms with Crippen LogP contribution < -0.4 is 16.0 Å². The zero-order chi connectivity index (χ0) is 17.4. The SMILES string of the molecule is CCC1CNCCN1c1ncc(Cl)c(-n2ncc3cc(N)ccc32)n1. The fraction of sp³-hybridized carbons (Fsp3) is 0.353. The Hall–Kier alpha value is -2.38. The standard InChI is InChI=1S/C17H20ClN7/c1-2-13-9-20-5-6-24(13)17-21-10-14(18)16(23-17)25-15-4-3-12(19)7-11(15)8-22-25/h3-4,7-8,10,13,20H,2,5-6,9,19H2,1H3. The van der Waals surface area contributed by atoms with E-state index >= 15 is 0 Å². The second-order valence-electron chi connectivity index (χ2n) is 6.18. The zero-order valence-corrected chi connectivity index (χ0v) is 14.7. The van der Waals surface area contributed by atoms with Crippen molar-refractivity contribution in [3.63, 3.8) is 0 Å². The average Bonchev–Trinajstić information content (AvgIpc) is 3.05. The number of halogens is 1. The van der Waals surface area contributed by atoms with E-state index in [1.807, 2.05) is 18.2 Å². The molecule has 130 valence electrons. The van der Waals surface area contributed by atoms with Gasteiger partial charge in [-0.25, -0.2) is 9.67 Å². The number of benzene rings is 1.